The molecule has 0 aliphatic heterocycles. The van der Waals surface area contributed by atoms with Crippen molar-refractivity contribution >= 4 is 5.97 Å². The Balaban J connectivity index is 0.00000326. The molecule has 0 bridgehead atoms. The fourth-order valence-corrected chi connectivity index (χ4v) is 2.35. The van der Waals surface area contributed by atoms with E-state index in [1.165, 1.54) is 0 Å². The molecule has 156 valence electrons. The van der Waals surface area contributed by atoms with Gasteiger partial charge in [0.05, 0.1) is 16.5 Å². The monoisotopic (exact) mass is 400 g/mol. The third-order valence-corrected chi connectivity index (χ3v) is 4.28. The summed E-state index contributed by atoms with van der Waals surface area (Å²) in [6, 6.07) is 0.796. The highest BCUT2D eigenvalue weighted by atomic mass is 19.4. The van der Waals surface area contributed by atoms with E-state index in [0.29, 0.717) is 25.0 Å². The van der Waals surface area contributed by atoms with E-state index in [9.17, 15) is 31.1 Å². The maximum absolute atomic E-state index is 12.8. The van der Waals surface area contributed by atoms with Crippen molar-refractivity contribution in [2.24, 2.45) is 11.3 Å². The third kappa shape index (κ3) is 6.74. The average molecular weight is 400 g/mol. The fraction of sp³-hybridized carbons (Fsp3) is 0.632. The van der Waals surface area contributed by atoms with E-state index in [1.807, 2.05) is 20.8 Å². The molecule has 1 unspecified atom stereocenters. The summed E-state index contributed by atoms with van der Waals surface area (Å²) in [5.41, 5.74) is -4.06. The molecule has 0 heterocycles. The summed E-state index contributed by atoms with van der Waals surface area (Å²) >= 11 is 0. The van der Waals surface area contributed by atoms with Crippen LogP contribution in [0.25, 0.3) is 0 Å². The fourth-order valence-electron chi connectivity index (χ4n) is 2.35. The first-order valence-electron chi connectivity index (χ1n) is 8.73. The lowest BCUT2D eigenvalue weighted by Crippen LogP contribution is -2.36. The highest BCUT2D eigenvalue weighted by Gasteiger charge is 2.40. The number of hydrogen-bond acceptors (Lipinski definition) is 2. The molecule has 1 aromatic rings. The predicted molar refractivity (Wildman–Crippen MR) is 91.3 cm³/mol. The molecule has 0 aliphatic rings. The molecule has 0 fully saturated rings. The van der Waals surface area contributed by atoms with Crippen LogP contribution in [0.3, 0.4) is 0 Å². The van der Waals surface area contributed by atoms with Crippen LogP contribution in [-0.4, -0.2) is 5.97 Å². The lowest BCUT2D eigenvalue weighted by molar-refractivity contribution is -0.150. The van der Waals surface area contributed by atoms with Gasteiger partial charge in [-0.2, -0.15) is 26.3 Å². The first-order chi connectivity index (χ1) is 12.2. The SMILES string of the molecule is CC.CCCC(C)(C(=O)Oc1cc(C(F)(F)F)cc(C(F)(F)F)c1)C(C)C. The van der Waals surface area contributed by atoms with Gasteiger partial charge in [0.1, 0.15) is 5.75 Å². The standard InChI is InChI=1S/C17H20F6O2.C2H6/c1-5-6-15(4,10(2)3)14(24)25-13-8-11(16(18,19)20)7-12(9-13)17(21,22)23;1-2/h7-10H,5-6H2,1-4H3;1-2H3. The van der Waals surface area contributed by atoms with E-state index in [2.05, 4.69) is 0 Å². The van der Waals surface area contributed by atoms with Crippen LogP contribution in [0.4, 0.5) is 26.3 Å². The van der Waals surface area contributed by atoms with Gasteiger partial charge >= 0.3 is 18.3 Å². The van der Waals surface area contributed by atoms with Gasteiger partial charge in [0, 0.05) is 0 Å². The molecule has 0 aliphatic carbocycles. The number of benzene rings is 1. The maximum atomic E-state index is 12.8. The maximum Gasteiger partial charge on any atom is 0.416 e. The second kappa shape index (κ2) is 9.46. The molecule has 1 rings (SSSR count). The van der Waals surface area contributed by atoms with Crippen molar-refractivity contribution in [3.05, 3.63) is 29.3 Å². The van der Waals surface area contributed by atoms with Gasteiger partial charge in [0.2, 0.25) is 0 Å². The van der Waals surface area contributed by atoms with Gasteiger partial charge in [-0.15, -0.1) is 0 Å². The Morgan fingerprint density at radius 3 is 1.67 bits per heavy atom. The van der Waals surface area contributed by atoms with Crippen LogP contribution in [0.15, 0.2) is 18.2 Å². The Morgan fingerprint density at radius 1 is 0.963 bits per heavy atom. The minimum atomic E-state index is -4.99. The Bertz CT molecular complexity index is 587. The molecular weight excluding hydrogens is 374 g/mol. The summed E-state index contributed by atoms with van der Waals surface area (Å²) in [7, 11) is 0. The van der Waals surface area contributed by atoms with Gasteiger partial charge in [-0.05, 0) is 37.5 Å². The van der Waals surface area contributed by atoms with Gasteiger partial charge in [-0.25, -0.2) is 0 Å². The van der Waals surface area contributed by atoms with E-state index in [1.54, 1.807) is 20.8 Å². The van der Waals surface area contributed by atoms with E-state index >= 15 is 0 Å². The van der Waals surface area contributed by atoms with Crippen molar-refractivity contribution in [2.45, 2.75) is 66.7 Å². The molecule has 2 nitrogen and oxygen atoms in total. The number of carbonyl (C=O) groups excluding carboxylic acids is 1. The van der Waals surface area contributed by atoms with Crippen molar-refractivity contribution in [3.8, 4) is 5.75 Å². The van der Waals surface area contributed by atoms with Crippen LogP contribution in [-0.2, 0) is 17.1 Å². The number of esters is 1. The minimum Gasteiger partial charge on any atom is -0.426 e. The summed E-state index contributed by atoms with van der Waals surface area (Å²) < 4.78 is 82.0. The van der Waals surface area contributed by atoms with Crippen LogP contribution in [0.5, 0.6) is 5.75 Å². The average Bonchev–Trinajstić information content (AvgIpc) is 2.54. The summed E-state index contributed by atoms with van der Waals surface area (Å²) in [6.07, 6.45) is -8.98. The Morgan fingerprint density at radius 2 is 1.37 bits per heavy atom. The normalized spacial score (nSPS) is 14.3. The predicted octanol–water partition coefficient (Wildman–Crippen LogP) is 7.12. The molecule has 0 saturated carbocycles. The quantitative estimate of drug-likeness (QED) is 0.299. The first kappa shape index (κ1) is 25.3. The molecule has 0 amide bonds. The largest absolute Gasteiger partial charge is 0.426 e. The molecular formula is C19H26F6O2. The second-order valence-corrected chi connectivity index (χ2v) is 6.45. The Labute approximate surface area is 155 Å². The molecule has 0 aromatic heterocycles. The molecule has 0 saturated heterocycles. The van der Waals surface area contributed by atoms with E-state index in [4.69, 9.17) is 4.74 Å². The van der Waals surface area contributed by atoms with E-state index < -0.39 is 40.6 Å². The van der Waals surface area contributed by atoms with Gasteiger partial charge in [0.15, 0.2) is 0 Å². The Kier molecular flexibility index (Phi) is 8.85. The topological polar surface area (TPSA) is 26.3 Å². The lowest BCUT2D eigenvalue weighted by atomic mass is 9.75. The molecule has 1 atom stereocenters. The molecule has 1 aromatic carbocycles. The number of carbonyl (C=O) groups is 1. The van der Waals surface area contributed by atoms with Crippen molar-refractivity contribution in [2.75, 3.05) is 0 Å². The van der Waals surface area contributed by atoms with Crippen LogP contribution in [0.2, 0.25) is 0 Å². The molecule has 27 heavy (non-hydrogen) atoms. The van der Waals surface area contributed by atoms with Gasteiger partial charge < -0.3 is 4.74 Å². The zero-order chi connectivity index (χ0) is 21.6. The van der Waals surface area contributed by atoms with Gasteiger partial charge in [0.25, 0.3) is 0 Å². The molecule has 0 N–H and O–H groups in total. The van der Waals surface area contributed by atoms with Crippen molar-refractivity contribution in [1.29, 1.82) is 0 Å². The highest BCUT2D eigenvalue weighted by Crippen LogP contribution is 2.39. The van der Waals surface area contributed by atoms with Crippen LogP contribution >= 0.6 is 0 Å². The summed E-state index contributed by atoms with van der Waals surface area (Å²) in [5.74, 6) is -1.82. The Hall–Kier alpha value is -1.73. The van der Waals surface area contributed by atoms with Crippen LogP contribution in [0.1, 0.15) is 65.5 Å². The van der Waals surface area contributed by atoms with Crippen LogP contribution < -0.4 is 4.74 Å². The van der Waals surface area contributed by atoms with Crippen molar-refractivity contribution in [3.63, 3.8) is 0 Å². The van der Waals surface area contributed by atoms with E-state index in [-0.39, 0.29) is 12.0 Å². The zero-order valence-electron chi connectivity index (χ0n) is 16.3. The molecule has 8 heteroatoms. The lowest BCUT2D eigenvalue weighted by Gasteiger charge is -2.31. The smallest absolute Gasteiger partial charge is 0.416 e. The van der Waals surface area contributed by atoms with Gasteiger partial charge in [-0.1, -0.05) is 41.0 Å². The summed E-state index contributed by atoms with van der Waals surface area (Å²) in [5, 5.41) is 0. The second-order valence-electron chi connectivity index (χ2n) is 6.45. The van der Waals surface area contributed by atoms with Crippen molar-refractivity contribution < 1.29 is 35.9 Å². The molecule has 0 radical (unpaired) electrons. The highest BCUT2D eigenvalue weighted by molar-refractivity contribution is 5.79. The van der Waals surface area contributed by atoms with Crippen LogP contribution in [0, 0.1) is 11.3 Å². The third-order valence-electron chi connectivity index (χ3n) is 4.28. The van der Waals surface area contributed by atoms with Gasteiger partial charge in [-0.3, -0.25) is 4.79 Å². The zero-order valence-corrected chi connectivity index (χ0v) is 16.3. The summed E-state index contributed by atoms with van der Waals surface area (Å²) in [6.45, 7) is 10.9. The number of alkyl halides is 6. The summed E-state index contributed by atoms with van der Waals surface area (Å²) in [4.78, 5) is 12.4. The number of rotatable bonds is 5. The van der Waals surface area contributed by atoms with Crippen molar-refractivity contribution in [1.82, 2.24) is 0 Å². The minimum absolute atomic E-state index is 0.00891. The van der Waals surface area contributed by atoms with E-state index in [0.717, 1.165) is 0 Å². The number of ether oxygens (including phenoxy) is 1. The number of hydrogen-bond donors (Lipinski definition) is 0. The number of halogens is 6. The first-order valence-corrected chi connectivity index (χ1v) is 8.73. The molecule has 0 spiro atoms.